The molecule has 492 valence electrons. The lowest BCUT2D eigenvalue weighted by molar-refractivity contribution is -0.143. The van der Waals surface area contributed by atoms with Gasteiger partial charge in [0.25, 0.3) is 0 Å². The molecule has 38 heteroatoms. The van der Waals surface area contributed by atoms with Gasteiger partial charge < -0.3 is 122 Å². The van der Waals surface area contributed by atoms with E-state index in [9.17, 15) is 108 Å². The number of carboxylic acids is 1. The molecular weight excluding hydrogens is 1180 g/mol. The van der Waals surface area contributed by atoms with Crippen LogP contribution in [0.1, 0.15) is 52.5 Å². The van der Waals surface area contributed by atoms with E-state index >= 15 is 0 Å². The average molecular weight is 1260 g/mol. The second kappa shape index (κ2) is 38.8. The van der Waals surface area contributed by atoms with Gasteiger partial charge in [-0.3, -0.25) is 67.1 Å². The normalized spacial score (nSPS) is 15.0. The van der Waals surface area contributed by atoms with Crippen molar-refractivity contribution in [2.75, 3.05) is 52.7 Å². The Balaban J connectivity index is 3.22. The standard InChI is InChI=1S/C50H79N15O23/c1-5-22(4)39(65-43(80)28(12-35(53)74)60-46(83)31(18-69)62-47(84)32(19-70)61-45(82)30(17-68)57-36(75)13-54-40(77)25(51)15-66)48(85)55-14-37(76)56-29(16-67)44(81)59-27(11-34(52)73)41(78)58-26(10-23-6-8-24(72)9-7-23)42(79)64-38(21(2)3)49(86)63-33(20-71)50(87)88/h6-9,21-22,25-33,38-39,66-72H,5,10-20,51H2,1-4H3,(H2,52,73)(H2,53,74)(H,54,77)(H,55,85)(H,56,76)(H,57,75)(H,58,78)(H,59,81)(H,60,83)(H,61,82)(H,62,84)(H,63,86)(H,64,79)(H,65,80)(H,87,88)/t22-,25-,26-,27-,28-,29-,30-,31-,32-,33-,38-,39-/m0/s1. The van der Waals surface area contributed by atoms with E-state index in [0.717, 1.165) is 0 Å². The van der Waals surface area contributed by atoms with E-state index in [1.165, 1.54) is 45.0 Å². The number of aliphatic hydroxyl groups excluding tert-OH is 6. The number of benzene rings is 1. The first-order valence-corrected chi connectivity index (χ1v) is 26.9. The van der Waals surface area contributed by atoms with Crippen LogP contribution in [-0.4, -0.2) is 249 Å². The third-order valence-electron chi connectivity index (χ3n) is 12.6. The molecule has 14 amide bonds. The van der Waals surface area contributed by atoms with Gasteiger partial charge in [0.15, 0.2) is 0 Å². The number of aliphatic hydroxyl groups is 6. The summed E-state index contributed by atoms with van der Waals surface area (Å²) in [5, 5.41) is 103. The molecule has 26 N–H and O–H groups in total. The Morgan fingerprint density at radius 3 is 1.14 bits per heavy atom. The molecule has 0 spiro atoms. The van der Waals surface area contributed by atoms with Gasteiger partial charge in [-0.2, -0.15) is 0 Å². The first-order valence-electron chi connectivity index (χ1n) is 26.9. The zero-order chi connectivity index (χ0) is 67.1. The third kappa shape index (κ3) is 26.6. The van der Waals surface area contributed by atoms with E-state index in [1.807, 2.05) is 16.0 Å². The molecule has 12 atom stereocenters. The fourth-order valence-electron chi connectivity index (χ4n) is 7.38. The predicted molar refractivity (Wildman–Crippen MR) is 297 cm³/mol. The molecule has 1 aromatic carbocycles. The number of hydrogen-bond donors (Lipinski definition) is 23. The minimum atomic E-state index is -2.00. The van der Waals surface area contributed by atoms with Crippen LogP contribution in [0.3, 0.4) is 0 Å². The number of nitrogens with one attached hydrogen (secondary N) is 12. The lowest BCUT2D eigenvalue weighted by Crippen LogP contribution is -2.61. The van der Waals surface area contributed by atoms with Gasteiger partial charge in [-0.05, 0) is 29.5 Å². The summed E-state index contributed by atoms with van der Waals surface area (Å²) in [6.45, 7) is -2.19. The quantitative estimate of drug-likeness (QED) is 0.0290. The molecule has 88 heavy (non-hydrogen) atoms. The number of phenols is 1. The highest BCUT2D eigenvalue weighted by Crippen LogP contribution is 2.14. The smallest absolute Gasteiger partial charge is 0.328 e. The van der Waals surface area contributed by atoms with Gasteiger partial charge in [-0.15, -0.1) is 0 Å². The third-order valence-corrected chi connectivity index (χ3v) is 12.6. The van der Waals surface area contributed by atoms with E-state index in [4.69, 9.17) is 22.3 Å². The molecular formula is C50H79N15O23. The molecule has 0 unspecified atom stereocenters. The number of aromatic hydroxyl groups is 1. The molecule has 0 bridgehead atoms. The Morgan fingerprint density at radius 2 is 0.761 bits per heavy atom. The number of primary amides is 2. The van der Waals surface area contributed by atoms with Crippen molar-refractivity contribution in [3.63, 3.8) is 0 Å². The molecule has 0 aliphatic heterocycles. The number of rotatable bonds is 40. The van der Waals surface area contributed by atoms with Crippen molar-refractivity contribution in [2.24, 2.45) is 29.0 Å². The van der Waals surface area contributed by atoms with Gasteiger partial charge in [-0.25, -0.2) is 4.79 Å². The molecule has 0 fully saturated rings. The number of hydrogen-bond acceptors (Lipinski definition) is 23. The van der Waals surface area contributed by atoms with Crippen LogP contribution in [-0.2, 0) is 78.3 Å². The fourth-order valence-corrected chi connectivity index (χ4v) is 7.38. The van der Waals surface area contributed by atoms with Crippen molar-refractivity contribution < 1.29 is 113 Å². The number of amides is 14. The minimum absolute atomic E-state index is 0.147. The maximum atomic E-state index is 13.8. The lowest BCUT2D eigenvalue weighted by atomic mass is 9.97. The summed E-state index contributed by atoms with van der Waals surface area (Å²) < 4.78 is 0. The zero-order valence-electron chi connectivity index (χ0n) is 48.2. The van der Waals surface area contributed by atoms with Crippen LogP contribution < -0.4 is 81.0 Å². The van der Waals surface area contributed by atoms with Crippen LogP contribution in [0.5, 0.6) is 5.75 Å². The molecule has 0 saturated heterocycles. The Bertz CT molecular complexity index is 2630. The average Bonchev–Trinajstić information content (AvgIpc) is 3.66. The first-order chi connectivity index (χ1) is 41.3. The summed E-state index contributed by atoms with van der Waals surface area (Å²) in [5.74, 6) is -19.8. The number of phenolic OH excluding ortho intramolecular Hbond substituents is 1. The number of carbonyl (C=O) groups is 15. The summed E-state index contributed by atoms with van der Waals surface area (Å²) in [5.41, 5.74) is 16.3. The summed E-state index contributed by atoms with van der Waals surface area (Å²) in [7, 11) is 0. The van der Waals surface area contributed by atoms with E-state index < -0.39 is 233 Å². The summed E-state index contributed by atoms with van der Waals surface area (Å²) >= 11 is 0. The lowest BCUT2D eigenvalue weighted by Gasteiger charge is -2.28. The topological polar surface area (TPSA) is 640 Å². The van der Waals surface area contributed by atoms with Crippen molar-refractivity contribution in [1.82, 2.24) is 63.8 Å². The summed E-state index contributed by atoms with van der Waals surface area (Å²) in [4.78, 5) is 194. The number of nitrogens with two attached hydrogens (primary N) is 3. The number of aliphatic carboxylic acids is 1. The van der Waals surface area contributed by atoms with Gasteiger partial charge in [0, 0.05) is 6.42 Å². The molecule has 1 aromatic rings. The fraction of sp³-hybridized carbons (Fsp3) is 0.580. The van der Waals surface area contributed by atoms with Gasteiger partial charge in [0.2, 0.25) is 82.7 Å². The molecule has 0 aliphatic rings. The van der Waals surface area contributed by atoms with Crippen molar-refractivity contribution in [2.45, 2.75) is 120 Å². The SMILES string of the molecule is CC[C@H](C)[C@H](NC(=O)[C@H](CC(N)=O)NC(=O)[C@H](CO)NC(=O)[C@H](CO)NC(=O)[C@H](CO)NC(=O)CNC(=O)[C@@H](N)CO)C(=O)NCC(=O)N[C@@H](CO)C(=O)N[C@@H](CC(N)=O)C(=O)N[C@@H](Cc1ccc(O)cc1)C(=O)N[C@H](C(=O)N[C@@H](CO)C(=O)O)C(C)C. The van der Waals surface area contributed by atoms with Crippen LogP contribution in [0.2, 0.25) is 0 Å². The molecule has 1 rings (SSSR count). The molecule has 0 saturated carbocycles. The maximum Gasteiger partial charge on any atom is 0.328 e. The van der Waals surface area contributed by atoms with Crippen LogP contribution >= 0.6 is 0 Å². The van der Waals surface area contributed by atoms with E-state index in [2.05, 4.69) is 47.9 Å². The van der Waals surface area contributed by atoms with Gasteiger partial charge >= 0.3 is 5.97 Å². The Labute approximate surface area is 501 Å². The monoisotopic (exact) mass is 1260 g/mol. The van der Waals surface area contributed by atoms with Crippen LogP contribution in [0, 0.1) is 11.8 Å². The molecule has 0 radical (unpaired) electrons. The maximum absolute atomic E-state index is 13.8. The molecule has 0 aliphatic carbocycles. The molecule has 0 heterocycles. The van der Waals surface area contributed by atoms with Crippen molar-refractivity contribution in [3.05, 3.63) is 29.8 Å². The second-order valence-electron chi connectivity index (χ2n) is 19.9. The van der Waals surface area contributed by atoms with Crippen LogP contribution in [0.15, 0.2) is 24.3 Å². The Kier molecular flexibility index (Phi) is 33.8. The van der Waals surface area contributed by atoms with E-state index in [-0.39, 0.29) is 18.6 Å². The minimum Gasteiger partial charge on any atom is -0.508 e. The van der Waals surface area contributed by atoms with Gasteiger partial charge in [0.1, 0.15) is 72.2 Å². The highest BCUT2D eigenvalue weighted by Gasteiger charge is 2.37. The second-order valence-corrected chi connectivity index (χ2v) is 19.9. The summed E-state index contributed by atoms with van der Waals surface area (Å²) in [6.07, 6.45) is -2.13. The zero-order valence-corrected chi connectivity index (χ0v) is 48.2. The Hall–Kier alpha value is -9.21. The van der Waals surface area contributed by atoms with Gasteiger partial charge in [-0.1, -0.05) is 46.2 Å². The first kappa shape index (κ1) is 76.8. The Morgan fingerprint density at radius 1 is 0.420 bits per heavy atom. The summed E-state index contributed by atoms with van der Waals surface area (Å²) in [6, 6.07) is -14.1. The highest BCUT2D eigenvalue weighted by molar-refractivity contribution is 6.00. The molecule has 38 nitrogen and oxygen atoms in total. The largest absolute Gasteiger partial charge is 0.508 e. The van der Waals surface area contributed by atoms with E-state index in [1.54, 1.807) is 6.92 Å². The number of carboxylic acid groups (broad SMARTS) is 1. The molecule has 0 aromatic heterocycles. The van der Waals surface area contributed by atoms with Crippen LogP contribution in [0.4, 0.5) is 0 Å². The van der Waals surface area contributed by atoms with Crippen molar-refractivity contribution in [3.8, 4) is 5.75 Å². The van der Waals surface area contributed by atoms with Crippen LogP contribution in [0.25, 0.3) is 0 Å². The number of carbonyl (C=O) groups excluding carboxylic acids is 14. The van der Waals surface area contributed by atoms with Crippen molar-refractivity contribution >= 4 is 88.7 Å². The predicted octanol–water partition coefficient (Wildman–Crippen LogP) is -13.2. The van der Waals surface area contributed by atoms with E-state index in [0.29, 0.717) is 5.56 Å². The van der Waals surface area contributed by atoms with Gasteiger partial charge in [0.05, 0.1) is 65.6 Å². The van der Waals surface area contributed by atoms with Crippen molar-refractivity contribution in [1.29, 1.82) is 0 Å². The highest BCUT2D eigenvalue weighted by atomic mass is 16.4.